The Morgan fingerprint density at radius 1 is 1.09 bits per heavy atom. The number of hydrogen-bond acceptors (Lipinski definition) is 5. The fourth-order valence-corrected chi connectivity index (χ4v) is 3.79. The number of rotatable bonds is 6. The van der Waals surface area contributed by atoms with Gasteiger partial charge in [0.2, 0.25) is 5.91 Å². The molecule has 1 aliphatic heterocycles. The number of benzene rings is 2. The first-order chi connectivity index (χ1) is 15.2. The molecule has 1 aliphatic rings. The van der Waals surface area contributed by atoms with Gasteiger partial charge in [-0.05, 0) is 49.2 Å². The number of carbonyl (C=O) groups is 3. The Hall–Kier alpha value is -4.08. The largest absolute Gasteiger partial charge is 0.497 e. The van der Waals surface area contributed by atoms with E-state index in [2.05, 4.69) is 20.6 Å². The fourth-order valence-electron chi connectivity index (χ4n) is 3.79. The summed E-state index contributed by atoms with van der Waals surface area (Å²) in [6.45, 7) is 2.96. The van der Waals surface area contributed by atoms with Crippen molar-refractivity contribution in [3.05, 3.63) is 64.1 Å². The maximum absolute atomic E-state index is 13.0. The highest BCUT2D eigenvalue weighted by atomic mass is 16.5. The van der Waals surface area contributed by atoms with Crippen LogP contribution in [0.2, 0.25) is 0 Å². The highest BCUT2D eigenvalue weighted by molar-refractivity contribution is 6.09. The van der Waals surface area contributed by atoms with Crippen molar-refractivity contribution in [2.75, 3.05) is 13.7 Å². The van der Waals surface area contributed by atoms with Crippen LogP contribution in [0.4, 0.5) is 4.79 Å². The predicted molar refractivity (Wildman–Crippen MR) is 116 cm³/mol. The Morgan fingerprint density at radius 2 is 1.78 bits per heavy atom. The van der Waals surface area contributed by atoms with Crippen LogP contribution < -0.4 is 21.1 Å². The predicted octanol–water partition coefficient (Wildman–Crippen LogP) is 1.51. The lowest BCUT2D eigenvalue weighted by molar-refractivity contribution is -0.135. The molecule has 2 heterocycles. The van der Waals surface area contributed by atoms with Crippen LogP contribution in [0, 0.1) is 0 Å². The maximum atomic E-state index is 13.0. The van der Waals surface area contributed by atoms with Gasteiger partial charge < -0.3 is 25.3 Å². The van der Waals surface area contributed by atoms with Gasteiger partial charge in [0.05, 0.1) is 24.2 Å². The topological polar surface area (TPSA) is 136 Å². The highest BCUT2D eigenvalue weighted by Crippen LogP contribution is 2.30. The Balaban J connectivity index is 1.45. The number of amides is 4. The molecule has 0 bridgehead atoms. The maximum Gasteiger partial charge on any atom is 0.325 e. The van der Waals surface area contributed by atoms with Crippen molar-refractivity contribution in [1.82, 2.24) is 25.5 Å². The Kier molecular flexibility index (Phi) is 5.21. The molecule has 10 nitrogen and oxygen atoms in total. The van der Waals surface area contributed by atoms with E-state index in [9.17, 15) is 19.2 Å². The number of nitrogens with one attached hydrogen (secondary N) is 4. The van der Waals surface area contributed by atoms with Crippen molar-refractivity contribution in [1.29, 1.82) is 0 Å². The standard InChI is InChI=1S/C22H23N5O5/c1-12(13-4-9-16-17(10-13)25-20(30)24-16)23-18(28)11-27-19(29)22(2,26-21(27)31)14-5-7-15(32-3)8-6-14/h4-10,12H,11H2,1-3H3,(H,23,28)(H,26,31)(H2,24,25,30). The normalized spacial score (nSPS) is 19.2. The number of nitrogens with zero attached hydrogens (tertiary/aromatic N) is 1. The number of urea groups is 1. The van der Waals surface area contributed by atoms with Gasteiger partial charge in [-0.15, -0.1) is 0 Å². The number of aromatic amines is 2. The number of carbonyl (C=O) groups excluding carboxylic acids is 3. The molecule has 4 rings (SSSR count). The molecular weight excluding hydrogens is 414 g/mol. The number of ether oxygens (including phenoxy) is 1. The van der Waals surface area contributed by atoms with E-state index in [4.69, 9.17) is 4.74 Å². The van der Waals surface area contributed by atoms with Crippen molar-refractivity contribution in [2.24, 2.45) is 0 Å². The minimum atomic E-state index is -1.28. The van der Waals surface area contributed by atoms with Crippen LogP contribution in [0.1, 0.15) is 31.0 Å². The van der Waals surface area contributed by atoms with Crippen molar-refractivity contribution >= 4 is 28.9 Å². The minimum Gasteiger partial charge on any atom is -0.497 e. The summed E-state index contributed by atoms with van der Waals surface area (Å²) in [5.74, 6) is -0.370. The summed E-state index contributed by atoms with van der Waals surface area (Å²) in [5, 5.41) is 5.46. The lowest BCUT2D eigenvalue weighted by Gasteiger charge is -2.22. The molecule has 1 aromatic heterocycles. The molecule has 4 amide bonds. The van der Waals surface area contributed by atoms with Crippen LogP contribution in [0.5, 0.6) is 5.75 Å². The third-order valence-electron chi connectivity index (χ3n) is 5.66. The van der Waals surface area contributed by atoms with Gasteiger partial charge in [0.1, 0.15) is 17.8 Å². The molecule has 4 N–H and O–H groups in total. The molecule has 1 fully saturated rings. The monoisotopic (exact) mass is 437 g/mol. The van der Waals surface area contributed by atoms with Gasteiger partial charge in [0, 0.05) is 0 Å². The molecule has 0 saturated carbocycles. The summed E-state index contributed by atoms with van der Waals surface area (Å²) in [4.78, 5) is 55.8. The SMILES string of the molecule is COc1ccc(C2(C)NC(=O)N(CC(=O)NC(C)c3ccc4[nH]c(=O)[nH]c4c3)C2=O)cc1. The number of imide groups is 1. The second kappa shape index (κ2) is 7.88. The molecule has 3 aromatic rings. The molecule has 32 heavy (non-hydrogen) atoms. The molecule has 2 atom stereocenters. The third kappa shape index (κ3) is 3.70. The number of H-pyrrole nitrogens is 2. The number of aromatic nitrogens is 2. The van der Waals surface area contributed by atoms with Crippen LogP contribution >= 0.6 is 0 Å². The quantitative estimate of drug-likeness (QED) is 0.433. The van der Waals surface area contributed by atoms with E-state index < -0.39 is 36.0 Å². The van der Waals surface area contributed by atoms with E-state index in [-0.39, 0.29) is 5.69 Å². The van der Waals surface area contributed by atoms with Crippen LogP contribution in [-0.2, 0) is 15.1 Å². The number of imidazole rings is 1. The Morgan fingerprint density at radius 3 is 2.47 bits per heavy atom. The van der Waals surface area contributed by atoms with Crippen LogP contribution in [0.3, 0.4) is 0 Å². The van der Waals surface area contributed by atoms with Gasteiger partial charge >= 0.3 is 11.7 Å². The lowest BCUT2D eigenvalue weighted by Crippen LogP contribution is -2.43. The average Bonchev–Trinajstić information content (AvgIpc) is 3.25. The van der Waals surface area contributed by atoms with E-state index in [1.807, 2.05) is 0 Å². The van der Waals surface area contributed by atoms with Gasteiger partial charge in [0.25, 0.3) is 5.91 Å². The zero-order valence-electron chi connectivity index (χ0n) is 17.8. The number of methoxy groups -OCH3 is 1. The molecular formula is C22H23N5O5. The van der Waals surface area contributed by atoms with Gasteiger partial charge in [-0.25, -0.2) is 9.59 Å². The fraction of sp³-hybridized carbons (Fsp3) is 0.273. The third-order valence-corrected chi connectivity index (χ3v) is 5.66. The first-order valence-corrected chi connectivity index (χ1v) is 10.0. The summed E-state index contributed by atoms with van der Waals surface area (Å²) in [7, 11) is 1.54. The minimum absolute atomic E-state index is 0.313. The van der Waals surface area contributed by atoms with E-state index >= 15 is 0 Å². The molecule has 2 aromatic carbocycles. The van der Waals surface area contributed by atoms with Gasteiger partial charge in [0.15, 0.2) is 0 Å². The van der Waals surface area contributed by atoms with E-state index in [1.54, 1.807) is 56.3 Å². The summed E-state index contributed by atoms with van der Waals surface area (Å²) in [6, 6.07) is 11.0. The van der Waals surface area contributed by atoms with Crippen molar-refractivity contribution < 1.29 is 19.1 Å². The van der Waals surface area contributed by atoms with E-state index in [0.717, 1.165) is 10.5 Å². The second-order valence-electron chi connectivity index (χ2n) is 7.85. The Labute approximate surface area is 182 Å². The summed E-state index contributed by atoms with van der Waals surface area (Å²) >= 11 is 0. The molecule has 0 radical (unpaired) electrons. The lowest BCUT2D eigenvalue weighted by atomic mass is 9.92. The van der Waals surface area contributed by atoms with Gasteiger partial charge in [-0.3, -0.25) is 14.5 Å². The Bertz CT molecular complexity index is 1260. The van der Waals surface area contributed by atoms with Crippen molar-refractivity contribution in [3.8, 4) is 5.75 Å². The highest BCUT2D eigenvalue weighted by Gasteiger charge is 2.49. The zero-order valence-corrected chi connectivity index (χ0v) is 17.8. The number of hydrogen-bond donors (Lipinski definition) is 4. The van der Waals surface area contributed by atoms with Crippen LogP contribution in [0.25, 0.3) is 11.0 Å². The van der Waals surface area contributed by atoms with Gasteiger partial charge in [-0.2, -0.15) is 0 Å². The summed E-state index contributed by atoms with van der Waals surface area (Å²) < 4.78 is 5.13. The number of fused-ring (bicyclic) bond motifs is 1. The molecule has 166 valence electrons. The smallest absolute Gasteiger partial charge is 0.325 e. The van der Waals surface area contributed by atoms with Crippen LogP contribution in [-0.4, -0.2) is 46.4 Å². The van der Waals surface area contributed by atoms with Crippen molar-refractivity contribution in [3.63, 3.8) is 0 Å². The molecule has 0 spiro atoms. The van der Waals surface area contributed by atoms with Gasteiger partial charge in [-0.1, -0.05) is 18.2 Å². The average molecular weight is 437 g/mol. The van der Waals surface area contributed by atoms with E-state index in [1.165, 1.54) is 7.11 Å². The molecule has 1 saturated heterocycles. The molecule has 2 unspecified atom stereocenters. The molecule has 10 heteroatoms. The van der Waals surface area contributed by atoms with E-state index in [0.29, 0.717) is 22.3 Å². The second-order valence-corrected chi connectivity index (χ2v) is 7.85. The molecule has 0 aliphatic carbocycles. The summed E-state index contributed by atoms with van der Waals surface area (Å²) in [6.07, 6.45) is 0. The zero-order chi connectivity index (χ0) is 23.0. The van der Waals surface area contributed by atoms with Crippen LogP contribution in [0.15, 0.2) is 47.3 Å². The summed E-state index contributed by atoms with van der Waals surface area (Å²) in [5.41, 5.74) is 1.04. The van der Waals surface area contributed by atoms with Crippen molar-refractivity contribution in [2.45, 2.75) is 25.4 Å². The first kappa shape index (κ1) is 21.2. The first-order valence-electron chi connectivity index (χ1n) is 10.0.